The van der Waals surface area contributed by atoms with Crippen molar-refractivity contribution in [1.29, 1.82) is 5.41 Å². The van der Waals surface area contributed by atoms with Gasteiger partial charge in [0.05, 0.1) is 11.4 Å². The van der Waals surface area contributed by atoms with Crippen LogP contribution in [-0.4, -0.2) is 16.9 Å². The van der Waals surface area contributed by atoms with Crippen molar-refractivity contribution in [2.75, 3.05) is 4.90 Å². The number of hydrogen-bond donors (Lipinski definition) is 2. The van der Waals surface area contributed by atoms with Crippen molar-refractivity contribution >= 4 is 22.8 Å². The molecule has 0 saturated heterocycles. The van der Waals surface area contributed by atoms with E-state index in [1.807, 2.05) is 24.3 Å². The molecule has 0 unspecified atom stereocenters. The highest BCUT2D eigenvalue weighted by Gasteiger charge is 2.31. The van der Waals surface area contributed by atoms with Gasteiger partial charge in [-0.2, -0.15) is 13.2 Å². The normalized spacial score (nSPS) is 11.9. The van der Waals surface area contributed by atoms with E-state index in [9.17, 15) is 13.2 Å². The summed E-state index contributed by atoms with van der Waals surface area (Å²) in [5.41, 5.74) is 10.8. The molecular weight excluding hydrogens is 557 g/mol. The van der Waals surface area contributed by atoms with Gasteiger partial charge in [0.2, 0.25) is 0 Å². The number of pyridine rings is 1. The standard InChI is InChI=1S/C37H41F3N4/c1-3-5-7-9-27-11-17-31(18-12-27)44(32-19-13-28(14-20-32)10-8-6-4-2)33-21-15-29(16-22-33)30-23-24-43-35(25-30)34(41)26-36(42)37(38,39)40/h11-26,41H,3-10,42H2,1-2H3. The van der Waals surface area contributed by atoms with Crippen LogP contribution in [0.1, 0.15) is 69.2 Å². The van der Waals surface area contributed by atoms with E-state index in [2.05, 4.69) is 72.3 Å². The average molecular weight is 599 g/mol. The Kier molecular flexibility index (Phi) is 11.4. The zero-order valence-electron chi connectivity index (χ0n) is 25.5. The Morgan fingerprint density at radius 1 is 0.727 bits per heavy atom. The number of aromatic nitrogens is 1. The monoisotopic (exact) mass is 598 g/mol. The van der Waals surface area contributed by atoms with Gasteiger partial charge < -0.3 is 10.6 Å². The third kappa shape index (κ3) is 8.82. The SMILES string of the molecule is CCCCCc1ccc(N(c2ccc(CCCCC)cc2)c2ccc(-c3ccnc(C(=N)C=C(N)C(F)(F)F)c3)cc2)cc1. The topological polar surface area (TPSA) is 66.0 Å². The van der Waals surface area contributed by atoms with Gasteiger partial charge >= 0.3 is 6.18 Å². The molecule has 7 heteroatoms. The lowest BCUT2D eigenvalue weighted by Crippen LogP contribution is -2.20. The van der Waals surface area contributed by atoms with E-state index in [1.165, 1.54) is 55.8 Å². The molecule has 0 spiro atoms. The van der Waals surface area contributed by atoms with E-state index in [0.717, 1.165) is 41.0 Å². The minimum absolute atomic E-state index is 0.110. The van der Waals surface area contributed by atoms with Gasteiger partial charge in [0.1, 0.15) is 5.70 Å². The van der Waals surface area contributed by atoms with Gasteiger partial charge in [0.25, 0.3) is 0 Å². The number of aryl methyl sites for hydroxylation is 2. The summed E-state index contributed by atoms with van der Waals surface area (Å²) in [6.45, 7) is 4.43. The van der Waals surface area contributed by atoms with E-state index >= 15 is 0 Å². The Morgan fingerprint density at radius 3 is 1.66 bits per heavy atom. The van der Waals surface area contributed by atoms with Gasteiger partial charge in [-0.1, -0.05) is 75.9 Å². The summed E-state index contributed by atoms with van der Waals surface area (Å²) in [5.74, 6) is 0. The zero-order chi connectivity index (χ0) is 31.5. The fraction of sp³-hybridized carbons (Fsp3) is 0.297. The smallest absolute Gasteiger partial charge is 0.395 e. The van der Waals surface area contributed by atoms with E-state index in [1.54, 1.807) is 12.1 Å². The van der Waals surface area contributed by atoms with Gasteiger partial charge in [0.15, 0.2) is 0 Å². The van der Waals surface area contributed by atoms with Crippen LogP contribution in [0.2, 0.25) is 0 Å². The van der Waals surface area contributed by atoms with Crippen LogP contribution in [0, 0.1) is 5.41 Å². The van der Waals surface area contributed by atoms with Gasteiger partial charge in [-0.15, -0.1) is 0 Å². The maximum atomic E-state index is 12.9. The summed E-state index contributed by atoms with van der Waals surface area (Å²) in [6.07, 6.45) is 6.73. The molecule has 4 rings (SSSR count). The Morgan fingerprint density at radius 2 is 1.20 bits per heavy atom. The van der Waals surface area contributed by atoms with E-state index in [-0.39, 0.29) is 5.69 Å². The number of alkyl halides is 3. The fourth-order valence-electron chi connectivity index (χ4n) is 5.10. The van der Waals surface area contributed by atoms with Crippen molar-refractivity contribution in [3.63, 3.8) is 0 Å². The Balaban J connectivity index is 1.62. The summed E-state index contributed by atoms with van der Waals surface area (Å²) in [4.78, 5) is 6.32. The number of nitrogens with two attached hydrogens (primary N) is 1. The van der Waals surface area contributed by atoms with Crippen LogP contribution in [0.25, 0.3) is 11.1 Å². The van der Waals surface area contributed by atoms with Crippen molar-refractivity contribution < 1.29 is 13.2 Å². The number of halogens is 3. The lowest BCUT2D eigenvalue weighted by atomic mass is 10.0. The molecule has 0 bridgehead atoms. The highest BCUT2D eigenvalue weighted by Crippen LogP contribution is 2.36. The number of allylic oxidation sites excluding steroid dienone is 2. The molecule has 0 aliphatic heterocycles. The second-order valence-corrected chi connectivity index (χ2v) is 11.1. The molecule has 0 saturated carbocycles. The summed E-state index contributed by atoms with van der Waals surface area (Å²) in [7, 11) is 0. The van der Waals surface area contributed by atoms with Crippen LogP contribution in [0.3, 0.4) is 0 Å². The van der Waals surface area contributed by atoms with Crippen molar-refractivity contribution in [2.45, 2.75) is 71.4 Å². The van der Waals surface area contributed by atoms with E-state index in [4.69, 9.17) is 11.1 Å². The maximum absolute atomic E-state index is 12.9. The highest BCUT2D eigenvalue weighted by atomic mass is 19.4. The largest absolute Gasteiger partial charge is 0.430 e. The van der Waals surface area contributed by atoms with Crippen molar-refractivity contribution in [3.05, 3.63) is 120 Å². The van der Waals surface area contributed by atoms with Gasteiger partial charge in [-0.25, -0.2) is 0 Å². The quantitative estimate of drug-likeness (QED) is 0.112. The molecule has 44 heavy (non-hydrogen) atoms. The van der Waals surface area contributed by atoms with E-state index in [0.29, 0.717) is 6.08 Å². The number of hydrogen-bond acceptors (Lipinski definition) is 4. The Hall–Kier alpha value is -4.39. The number of unbranched alkanes of at least 4 members (excludes halogenated alkanes) is 4. The van der Waals surface area contributed by atoms with Gasteiger partial charge in [0, 0.05) is 23.3 Å². The highest BCUT2D eigenvalue weighted by molar-refractivity contribution is 6.06. The molecule has 0 aliphatic rings. The Bertz CT molecular complexity index is 1470. The molecule has 1 aromatic heterocycles. The van der Waals surface area contributed by atoms with Gasteiger partial charge in [-0.3, -0.25) is 10.4 Å². The third-order valence-electron chi connectivity index (χ3n) is 7.65. The zero-order valence-corrected chi connectivity index (χ0v) is 25.5. The predicted molar refractivity (Wildman–Crippen MR) is 176 cm³/mol. The average Bonchev–Trinajstić information content (AvgIpc) is 3.03. The van der Waals surface area contributed by atoms with Crippen LogP contribution in [0.5, 0.6) is 0 Å². The number of nitrogens with one attached hydrogen (secondary N) is 1. The molecule has 0 fully saturated rings. The molecule has 0 amide bonds. The minimum Gasteiger partial charge on any atom is -0.395 e. The fourth-order valence-corrected chi connectivity index (χ4v) is 5.10. The maximum Gasteiger partial charge on any atom is 0.430 e. The number of rotatable bonds is 14. The first-order chi connectivity index (χ1) is 21.2. The van der Waals surface area contributed by atoms with Crippen LogP contribution in [-0.2, 0) is 12.8 Å². The molecule has 0 aliphatic carbocycles. The lowest BCUT2D eigenvalue weighted by molar-refractivity contribution is -0.0925. The number of benzene rings is 3. The molecule has 3 N–H and O–H groups in total. The Labute approximate surface area is 259 Å². The minimum atomic E-state index is -4.70. The van der Waals surface area contributed by atoms with Crippen molar-refractivity contribution in [3.8, 4) is 11.1 Å². The molecular formula is C37H41F3N4. The predicted octanol–water partition coefficient (Wildman–Crippen LogP) is 10.5. The first-order valence-corrected chi connectivity index (χ1v) is 15.4. The van der Waals surface area contributed by atoms with Crippen LogP contribution < -0.4 is 10.6 Å². The summed E-state index contributed by atoms with van der Waals surface area (Å²) in [6, 6.07) is 28.9. The second kappa shape index (κ2) is 15.4. The second-order valence-electron chi connectivity index (χ2n) is 11.1. The molecule has 1 heterocycles. The summed E-state index contributed by atoms with van der Waals surface area (Å²) in [5, 5.41) is 8.08. The first-order valence-electron chi connectivity index (χ1n) is 15.4. The van der Waals surface area contributed by atoms with Crippen LogP contribution in [0.15, 0.2) is 103 Å². The lowest BCUT2D eigenvalue weighted by Gasteiger charge is -2.26. The first kappa shape index (κ1) is 32.5. The summed E-state index contributed by atoms with van der Waals surface area (Å²) >= 11 is 0. The molecule has 4 aromatic rings. The number of anilines is 3. The third-order valence-corrected chi connectivity index (χ3v) is 7.65. The van der Waals surface area contributed by atoms with Crippen LogP contribution in [0.4, 0.5) is 30.2 Å². The van der Waals surface area contributed by atoms with Crippen LogP contribution >= 0.6 is 0 Å². The van der Waals surface area contributed by atoms with Crippen molar-refractivity contribution in [2.24, 2.45) is 5.73 Å². The molecule has 3 aromatic carbocycles. The molecule has 4 nitrogen and oxygen atoms in total. The van der Waals surface area contributed by atoms with Crippen molar-refractivity contribution in [1.82, 2.24) is 4.98 Å². The molecule has 230 valence electrons. The van der Waals surface area contributed by atoms with Gasteiger partial charge in [-0.05, 0) is 103 Å². The molecule has 0 atom stereocenters. The van der Waals surface area contributed by atoms with E-state index < -0.39 is 17.6 Å². The molecule has 0 radical (unpaired) electrons. The number of nitrogens with zero attached hydrogens (tertiary/aromatic N) is 2. The summed E-state index contributed by atoms with van der Waals surface area (Å²) < 4.78 is 38.6.